The second-order valence-electron chi connectivity index (χ2n) is 5.51. The number of hydrogen-bond donors (Lipinski definition) is 1. The largest absolute Gasteiger partial charge is 0.494 e. The van der Waals surface area contributed by atoms with E-state index in [0.717, 1.165) is 0 Å². The minimum Gasteiger partial charge on any atom is -0.494 e. The van der Waals surface area contributed by atoms with Crippen molar-refractivity contribution in [3.63, 3.8) is 0 Å². The molecule has 0 aliphatic heterocycles. The van der Waals surface area contributed by atoms with Crippen molar-refractivity contribution in [2.24, 2.45) is 0 Å². The van der Waals surface area contributed by atoms with Crippen molar-refractivity contribution >= 4 is 34.9 Å². The Hall–Kier alpha value is -3.20. The number of hydrogen-bond acceptors (Lipinski definition) is 7. The topological polar surface area (TPSA) is 121 Å². The van der Waals surface area contributed by atoms with Crippen LogP contribution in [0.3, 0.4) is 0 Å². The summed E-state index contributed by atoms with van der Waals surface area (Å²) < 4.78 is 10.00. The number of nitro groups is 1. The summed E-state index contributed by atoms with van der Waals surface area (Å²) in [6, 6.07) is 5.37. The third-order valence-electron chi connectivity index (χ3n) is 3.51. The predicted octanol–water partition coefficient (Wildman–Crippen LogP) is 3.06. The number of carbonyl (C=O) groups excluding carboxylic acids is 2. The van der Waals surface area contributed by atoms with Crippen molar-refractivity contribution < 1.29 is 24.0 Å². The van der Waals surface area contributed by atoms with Gasteiger partial charge in [0.15, 0.2) is 6.61 Å². The number of benzene rings is 1. The molecule has 0 aliphatic rings. The summed E-state index contributed by atoms with van der Waals surface area (Å²) in [5, 5.41) is 13.2. The van der Waals surface area contributed by atoms with Gasteiger partial charge in [0.05, 0.1) is 29.4 Å². The summed E-state index contributed by atoms with van der Waals surface area (Å²) in [4.78, 5) is 38.4. The Morgan fingerprint density at radius 2 is 2.00 bits per heavy atom. The lowest BCUT2D eigenvalue weighted by atomic mass is 10.1. The van der Waals surface area contributed by atoms with Crippen LogP contribution in [-0.2, 0) is 9.53 Å². The van der Waals surface area contributed by atoms with Crippen molar-refractivity contribution in [2.75, 3.05) is 19.0 Å². The first-order valence-electron chi connectivity index (χ1n) is 7.66. The van der Waals surface area contributed by atoms with E-state index in [2.05, 4.69) is 10.3 Å². The monoisotopic (exact) mass is 393 g/mol. The number of carbonyl (C=O) groups is 2. The number of rotatable bonds is 6. The zero-order valence-corrected chi connectivity index (χ0v) is 15.5. The Morgan fingerprint density at radius 1 is 1.30 bits per heavy atom. The third kappa shape index (κ3) is 4.91. The minimum absolute atomic E-state index is 0.00468. The summed E-state index contributed by atoms with van der Waals surface area (Å²) >= 11 is 5.97. The highest BCUT2D eigenvalue weighted by molar-refractivity contribution is 6.32. The van der Waals surface area contributed by atoms with Crippen LogP contribution < -0.4 is 10.1 Å². The van der Waals surface area contributed by atoms with Crippen LogP contribution >= 0.6 is 11.6 Å². The fraction of sp³-hybridized carbons (Fsp3) is 0.235. The van der Waals surface area contributed by atoms with Crippen molar-refractivity contribution in [1.82, 2.24) is 4.98 Å². The molecule has 9 nitrogen and oxygen atoms in total. The molecule has 0 bridgehead atoms. The number of amides is 1. The lowest BCUT2D eigenvalue weighted by Crippen LogP contribution is -2.22. The van der Waals surface area contributed by atoms with Gasteiger partial charge in [-0.3, -0.25) is 14.9 Å². The Bertz CT molecular complexity index is 893. The molecule has 10 heteroatoms. The van der Waals surface area contributed by atoms with E-state index in [4.69, 9.17) is 21.1 Å². The van der Waals surface area contributed by atoms with Gasteiger partial charge in [0.1, 0.15) is 10.9 Å². The van der Waals surface area contributed by atoms with Crippen LogP contribution in [0, 0.1) is 24.0 Å². The molecule has 142 valence electrons. The van der Waals surface area contributed by atoms with Crippen molar-refractivity contribution in [1.29, 1.82) is 0 Å². The molecular weight excluding hydrogens is 378 g/mol. The van der Waals surface area contributed by atoms with E-state index in [-0.39, 0.29) is 27.8 Å². The zero-order valence-electron chi connectivity index (χ0n) is 14.7. The molecule has 0 unspecified atom stereocenters. The van der Waals surface area contributed by atoms with Gasteiger partial charge < -0.3 is 14.8 Å². The zero-order chi connectivity index (χ0) is 20.1. The maximum atomic E-state index is 12.2. The van der Waals surface area contributed by atoms with E-state index in [1.165, 1.54) is 25.3 Å². The number of aryl methyl sites for hydroxylation is 2. The molecule has 0 saturated carbocycles. The molecule has 0 atom stereocenters. The quantitative estimate of drug-likeness (QED) is 0.346. The van der Waals surface area contributed by atoms with Gasteiger partial charge in [0, 0.05) is 11.8 Å². The van der Waals surface area contributed by atoms with Crippen LogP contribution in [0.1, 0.15) is 21.6 Å². The molecule has 1 aromatic carbocycles. The van der Waals surface area contributed by atoms with E-state index in [1.54, 1.807) is 19.9 Å². The summed E-state index contributed by atoms with van der Waals surface area (Å²) in [7, 11) is 1.31. The number of nitrogens with one attached hydrogen (secondary N) is 1. The maximum absolute atomic E-state index is 12.2. The highest BCUT2D eigenvalue weighted by atomic mass is 35.5. The molecule has 1 N–H and O–H groups in total. The molecule has 2 aromatic rings. The number of methoxy groups -OCH3 is 1. The number of non-ortho nitro benzene ring substituents is 1. The molecular formula is C17H16ClN3O6. The number of ether oxygens (including phenoxy) is 2. The molecule has 0 fully saturated rings. The third-order valence-corrected chi connectivity index (χ3v) is 3.78. The summed E-state index contributed by atoms with van der Waals surface area (Å²) in [6.45, 7) is 2.83. The smallest absolute Gasteiger partial charge is 0.342 e. The van der Waals surface area contributed by atoms with Gasteiger partial charge in [-0.1, -0.05) is 11.6 Å². The minimum atomic E-state index is -0.782. The average Bonchev–Trinajstić information content (AvgIpc) is 2.59. The SMILES string of the molecule is COc1cc([N+](=O)[O-])ccc1NC(=O)COC(=O)c1c(C)cc(C)nc1Cl. The number of nitrogens with zero attached hydrogens (tertiary/aromatic N) is 2. The molecule has 0 spiro atoms. The van der Waals surface area contributed by atoms with Gasteiger partial charge in [0.2, 0.25) is 0 Å². The van der Waals surface area contributed by atoms with Gasteiger partial charge >= 0.3 is 5.97 Å². The van der Waals surface area contributed by atoms with E-state index >= 15 is 0 Å². The number of halogens is 1. The van der Waals surface area contributed by atoms with E-state index in [9.17, 15) is 19.7 Å². The first-order chi connectivity index (χ1) is 12.7. The highest BCUT2D eigenvalue weighted by Gasteiger charge is 2.19. The van der Waals surface area contributed by atoms with Crippen molar-refractivity contribution in [3.05, 3.63) is 56.4 Å². The lowest BCUT2D eigenvalue weighted by molar-refractivity contribution is -0.384. The molecule has 0 radical (unpaired) electrons. The molecule has 1 amide bonds. The normalized spacial score (nSPS) is 10.2. The van der Waals surface area contributed by atoms with Gasteiger partial charge in [-0.05, 0) is 31.5 Å². The van der Waals surface area contributed by atoms with Crippen LogP contribution in [-0.4, -0.2) is 35.5 Å². The molecule has 27 heavy (non-hydrogen) atoms. The number of aromatic nitrogens is 1. The molecule has 0 saturated heterocycles. The molecule has 1 aromatic heterocycles. The second kappa shape index (κ2) is 8.45. The Balaban J connectivity index is 2.05. The predicted molar refractivity (Wildman–Crippen MR) is 97.3 cm³/mol. The fourth-order valence-electron chi connectivity index (χ4n) is 2.32. The summed E-state index contributed by atoms with van der Waals surface area (Å²) in [5.41, 5.74) is 1.33. The highest BCUT2D eigenvalue weighted by Crippen LogP contribution is 2.29. The Kier molecular flexibility index (Phi) is 6.30. The Labute approximate surface area is 159 Å². The first kappa shape index (κ1) is 20.1. The molecule has 0 aliphatic carbocycles. The summed E-state index contributed by atoms with van der Waals surface area (Å²) in [5.74, 6) is -1.33. The van der Waals surface area contributed by atoms with Crippen LogP contribution in [0.4, 0.5) is 11.4 Å². The van der Waals surface area contributed by atoms with E-state index < -0.39 is 23.4 Å². The van der Waals surface area contributed by atoms with E-state index in [0.29, 0.717) is 11.3 Å². The van der Waals surface area contributed by atoms with Crippen LogP contribution in [0.15, 0.2) is 24.3 Å². The van der Waals surface area contributed by atoms with Crippen LogP contribution in [0.5, 0.6) is 5.75 Å². The first-order valence-corrected chi connectivity index (χ1v) is 8.04. The molecule has 1 heterocycles. The van der Waals surface area contributed by atoms with Gasteiger partial charge in [0.25, 0.3) is 11.6 Å². The molecule has 2 rings (SSSR count). The standard InChI is InChI=1S/C17H16ClN3O6/c1-9-6-10(2)19-16(18)15(9)17(23)27-8-14(22)20-12-5-4-11(21(24)25)7-13(12)26-3/h4-7H,8H2,1-3H3,(H,20,22). The maximum Gasteiger partial charge on any atom is 0.342 e. The fourth-order valence-corrected chi connectivity index (χ4v) is 2.68. The average molecular weight is 394 g/mol. The lowest BCUT2D eigenvalue weighted by Gasteiger charge is -2.11. The van der Waals surface area contributed by atoms with Crippen LogP contribution in [0.2, 0.25) is 5.15 Å². The number of pyridine rings is 1. The summed E-state index contributed by atoms with van der Waals surface area (Å²) in [6.07, 6.45) is 0. The van der Waals surface area contributed by atoms with Gasteiger partial charge in [-0.15, -0.1) is 0 Å². The van der Waals surface area contributed by atoms with Crippen molar-refractivity contribution in [2.45, 2.75) is 13.8 Å². The van der Waals surface area contributed by atoms with Gasteiger partial charge in [-0.2, -0.15) is 0 Å². The van der Waals surface area contributed by atoms with E-state index in [1.807, 2.05) is 0 Å². The number of anilines is 1. The van der Waals surface area contributed by atoms with Gasteiger partial charge in [-0.25, -0.2) is 9.78 Å². The Morgan fingerprint density at radius 3 is 2.59 bits per heavy atom. The second-order valence-corrected chi connectivity index (χ2v) is 5.87. The number of nitro benzene ring substituents is 1. The van der Waals surface area contributed by atoms with Crippen LogP contribution in [0.25, 0.3) is 0 Å². The number of esters is 1. The van der Waals surface area contributed by atoms with Crippen molar-refractivity contribution in [3.8, 4) is 5.75 Å².